The highest BCUT2D eigenvalue weighted by molar-refractivity contribution is 9.10. The monoisotopic (exact) mass is 416 g/mol. The predicted molar refractivity (Wildman–Crippen MR) is 106 cm³/mol. The van der Waals surface area contributed by atoms with Crippen molar-refractivity contribution >= 4 is 33.1 Å². The Labute approximate surface area is 161 Å². The molecule has 0 heterocycles. The molecule has 0 saturated carbocycles. The molecule has 0 fully saturated rings. The van der Waals surface area contributed by atoms with Gasteiger partial charge in [-0.2, -0.15) is 4.74 Å². The third-order valence-electron chi connectivity index (χ3n) is 4.11. The Morgan fingerprint density at radius 3 is 2.15 bits per heavy atom. The molecule has 6 heteroatoms. The number of rotatable bonds is 6. The maximum absolute atomic E-state index is 13.0. The van der Waals surface area contributed by atoms with Crippen LogP contribution in [-0.2, 0) is 0 Å². The van der Waals surface area contributed by atoms with E-state index in [-0.39, 0.29) is 23.1 Å². The molecule has 0 bridgehead atoms. The van der Waals surface area contributed by atoms with Crippen LogP contribution >= 0.6 is 15.9 Å². The maximum atomic E-state index is 13.0. The molecule has 0 radical (unpaired) electrons. The summed E-state index contributed by atoms with van der Waals surface area (Å²) >= 11 is 3.32. The standard InChI is InChI=1S/C20H21BrN2O3/c1-13(2)19(18(22-25)15-7-5-4-6-8-15)23(26)14(3)20(24)16-9-11-17(21)12-10-16/h4-13,19,25H,1-3H3/b22-18+,23-14?. The van der Waals surface area contributed by atoms with Crippen molar-refractivity contribution in [1.82, 2.24) is 0 Å². The van der Waals surface area contributed by atoms with Gasteiger partial charge in [0.25, 0.3) is 5.78 Å². The van der Waals surface area contributed by atoms with E-state index in [1.54, 1.807) is 48.5 Å². The van der Waals surface area contributed by atoms with E-state index in [4.69, 9.17) is 0 Å². The predicted octanol–water partition coefficient (Wildman–Crippen LogP) is 4.51. The number of hydroxylamine groups is 1. The highest BCUT2D eigenvalue weighted by Gasteiger charge is 2.32. The molecular formula is C20H21BrN2O3. The van der Waals surface area contributed by atoms with Crippen molar-refractivity contribution in [2.75, 3.05) is 0 Å². The maximum Gasteiger partial charge on any atom is 0.252 e. The molecule has 2 rings (SSSR count). The van der Waals surface area contributed by atoms with Gasteiger partial charge in [-0.1, -0.05) is 65.3 Å². The van der Waals surface area contributed by atoms with Gasteiger partial charge in [0, 0.05) is 28.4 Å². The van der Waals surface area contributed by atoms with Gasteiger partial charge in [-0.05, 0) is 24.3 Å². The first kappa shape index (κ1) is 19.8. The van der Waals surface area contributed by atoms with Crippen molar-refractivity contribution in [2.45, 2.75) is 26.8 Å². The van der Waals surface area contributed by atoms with Gasteiger partial charge in [0.05, 0.1) is 0 Å². The summed E-state index contributed by atoms with van der Waals surface area (Å²) in [6.45, 7) is 5.19. The normalized spacial score (nSPS) is 14.1. The summed E-state index contributed by atoms with van der Waals surface area (Å²) in [6.07, 6.45) is 0. The van der Waals surface area contributed by atoms with Crippen LogP contribution in [0.25, 0.3) is 0 Å². The number of nitrogens with zero attached hydrogens (tertiary/aromatic N) is 2. The van der Waals surface area contributed by atoms with Gasteiger partial charge in [-0.3, -0.25) is 4.79 Å². The lowest BCUT2D eigenvalue weighted by Gasteiger charge is -2.22. The van der Waals surface area contributed by atoms with E-state index in [2.05, 4.69) is 21.1 Å². The van der Waals surface area contributed by atoms with Crippen molar-refractivity contribution < 1.29 is 14.7 Å². The van der Waals surface area contributed by atoms with Crippen LogP contribution in [0.2, 0.25) is 0 Å². The second-order valence-electron chi connectivity index (χ2n) is 6.29. The molecule has 0 aromatic heterocycles. The minimum Gasteiger partial charge on any atom is -0.623 e. The minimum absolute atomic E-state index is 0.0445. The van der Waals surface area contributed by atoms with E-state index in [0.29, 0.717) is 15.9 Å². The molecule has 1 N–H and O–H groups in total. The number of Topliss-reactive ketones (excluding diaryl/α,β-unsaturated/α-hetero) is 1. The van der Waals surface area contributed by atoms with Gasteiger partial charge in [-0.25, -0.2) is 0 Å². The van der Waals surface area contributed by atoms with Crippen LogP contribution in [0.4, 0.5) is 0 Å². The van der Waals surface area contributed by atoms with E-state index in [9.17, 15) is 15.2 Å². The number of ketones is 1. The topological polar surface area (TPSA) is 75.7 Å². The molecule has 136 valence electrons. The Kier molecular flexibility index (Phi) is 6.69. The number of benzene rings is 2. The Bertz CT molecular complexity index is 828. The average Bonchev–Trinajstić information content (AvgIpc) is 2.65. The molecule has 0 aliphatic heterocycles. The molecule has 0 amide bonds. The molecule has 2 aromatic rings. The first-order valence-corrected chi connectivity index (χ1v) is 9.03. The molecule has 1 unspecified atom stereocenters. The molecule has 1 atom stereocenters. The highest BCUT2D eigenvalue weighted by atomic mass is 79.9. The number of carbonyl (C=O) groups is 1. The van der Waals surface area contributed by atoms with Gasteiger partial charge in [0.2, 0.25) is 11.8 Å². The second kappa shape index (κ2) is 8.76. The fourth-order valence-electron chi connectivity index (χ4n) is 2.71. The molecule has 0 spiro atoms. The summed E-state index contributed by atoms with van der Waals surface area (Å²) < 4.78 is 1.50. The zero-order chi connectivity index (χ0) is 19.3. The lowest BCUT2D eigenvalue weighted by atomic mass is 9.94. The third-order valence-corrected chi connectivity index (χ3v) is 4.64. The first-order valence-electron chi connectivity index (χ1n) is 8.24. The summed E-state index contributed by atoms with van der Waals surface area (Å²) in [5, 5.41) is 25.9. The van der Waals surface area contributed by atoms with Crippen LogP contribution in [0.5, 0.6) is 0 Å². The molecule has 5 nitrogen and oxygen atoms in total. The highest BCUT2D eigenvalue weighted by Crippen LogP contribution is 2.17. The number of hydrogen-bond donors (Lipinski definition) is 1. The fraction of sp³-hybridized carbons (Fsp3) is 0.250. The molecule has 0 aliphatic rings. The van der Waals surface area contributed by atoms with Crippen LogP contribution in [0, 0.1) is 11.1 Å². The van der Waals surface area contributed by atoms with Crippen LogP contribution in [0.3, 0.4) is 0 Å². The molecular weight excluding hydrogens is 396 g/mol. The quantitative estimate of drug-likeness (QED) is 0.188. The van der Waals surface area contributed by atoms with Crippen molar-refractivity contribution in [1.29, 1.82) is 0 Å². The summed E-state index contributed by atoms with van der Waals surface area (Å²) in [5.41, 5.74) is 1.34. The van der Waals surface area contributed by atoms with Gasteiger partial charge in [0.1, 0.15) is 0 Å². The Hall–Kier alpha value is -2.47. The van der Waals surface area contributed by atoms with Crippen LogP contribution in [0.1, 0.15) is 36.7 Å². The summed E-state index contributed by atoms with van der Waals surface area (Å²) in [6, 6.07) is 15.0. The van der Waals surface area contributed by atoms with E-state index < -0.39 is 6.04 Å². The molecule has 0 aliphatic carbocycles. The number of hydrogen-bond acceptors (Lipinski definition) is 4. The van der Waals surface area contributed by atoms with Crippen LogP contribution in [0.15, 0.2) is 64.2 Å². The minimum atomic E-state index is -0.790. The van der Waals surface area contributed by atoms with Crippen LogP contribution < -0.4 is 0 Å². The smallest absolute Gasteiger partial charge is 0.252 e. The summed E-state index contributed by atoms with van der Waals surface area (Å²) in [4.78, 5) is 12.7. The van der Waals surface area contributed by atoms with Gasteiger partial charge < -0.3 is 10.4 Å². The molecule has 2 aromatic carbocycles. The van der Waals surface area contributed by atoms with E-state index >= 15 is 0 Å². The van der Waals surface area contributed by atoms with E-state index in [1.807, 2.05) is 19.9 Å². The van der Waals surface area contributed by atoms with Crippen molar-refractivity contribution in [3.63, 3.8) is 0 Å². The molecule has 0 saturated heterocycles. The second-order valence-corrected chi connectivity index (χ2v) is 7.20. The molecule has 26 heavy (non-hydrogen) atoms. The third kappa shape index (κ3) is 4.38. The van der Waals surface area contributed by atoms with Gasteiger partial charge >= 0.3 is 0 Å². The van der Waals surface area contributed by atoms with Gasteiger partial charge in [0.15, 0.2) is 5.71 Å². The number of halogens is 1. The number of oxime groups is 1. The SMILES string of the molecule is CC(C(=O)c1ccc(Br)cc1)=[N+]([O-])C(/C(=N/O)c1ccccc1)C(C)C. The average molecular weight is 417 g/mol. The number of carbonyl (C=O) groups excluding carboxylic acids is 1. The Balaban J connectivity index is 2.46. The Morgan fingerprint density at radius 1 is 1.08 bits per heavy atom. The lowest BCUT2D eigenvalue weighted by molar-refractivity contribution is -0.488. The van der Waals surface area contributed by atoms with Crippen molar-refractivity contribution in [3.8, 4) is 0 Å². The lowest BCUT2D eigenvalue weighted by Crippen LogP contribution is -2.40. The summed E-state index contributed by atoms with van der Waals surface area (Å²) in [7, 11) is 0. The van der Waals surface area contributed by atoms with Crippen molar-refractivity contribution in [2.24, 2.45) is 11.1 Å². The summed E-state index contributed by atoms with van der Waals surface area (Å²) in [5.74, 6) is -0.533. The zero-order valence-corrected chi connectivity index (χ0v) is 16.5. The van der Waals surface area contributed by atoms with E-state index in [0.717, 1.165) is 4.47 Å². The fourth-order valence-corrected chi connectivity index (χ4v) is 2.98. The van der Waals surface area contributed by atoms with Crippen molar-refractivity contribution in [3.05, 3.63) is 75.4 Å². The zero-order valence-electron chi connectivity index (χ0n) is 14.9. The van der Waals surface area contributed by atoms with Gasteiger partial charge in [-0.15, -0.1) is 0 Å². The van der Waals surface area contributed by atoms with E-state index in [1.165, 1.54) is 6.92 Å². The first-order chi connectivity index (χ1) is 12.4. The van der Waals surface area contributed by atoms with Crippen LogP contribution in [-0.4, -0.2) is 33.2 Å². The largest absolute Gasteiger partial charge is 0.623 e. The Morgan fingerprint density at radius 2 is 1.65 bits per heavy atom.